The van der Waals surface area contributed by atoms with Gasteiger partial charge < -0.3 is 20.9 Å². The molecule has 0 saturated carbocycles. The van der Waals surface area contributed by atoms with Crippen molar-refractivity contribution in [1.29, 1.82) is 0 Å². The number of nitrogens with two attached hydrogens (primary N) is 1. The molecular weight excluding hydrogens is 525 g/mol. The molecule has 2 heterocycles. The summed E-state index contributed by atoms with van der Waals surface area (Å²) in [5.41, 5.74) is 7.63. The number of aromatic nitrogens is 2. The van der Waals surface area contributed by atoms with Crippen molar-refractivity contribution in [3.63, 3.8) is 0 Å². The second-order valence-electron chi connectivity index (χ2n) is 8.95. The van der Waals surface area contributed by atoms with E-state index < -0.39 is 21.8 Å². The fourth-order valence-electron chi connectivity index (χ4n) is 4.35. The zero-order valence-electron chi connectivity index (χ0n) is 19.6. The summed E-state index contributed by atoms with van der Waals surface area (Å²) in [6.07, 6.45) is 2.98. The minimum Gasteiger partial charge on any atom is -0.342 e. The van der Waals surface area contributed by atoms with Gasteiger partial charge in [0.15, 0.2) is 0 Å². The highest BCUT2D eigenvalue weighted by molar-refractivity contribution is 7.90. The van der Waals surface area contributed by atoms with E-state index >= 15 is 0 Å². The van der Waals surface area contributed by atoms with Crippen LogP contribution in [0.5, 0.6) is 0 Å². The highest BCUT2D eigenvalue weighted by Crippen LogP contribution is 2.26. The maximum atomic E-state index is 13.1. The Labute approximate surface area is 219 Å². The van der Waals surface area contributed by atoms with Gasteiger partial charge in [-0.1, -0.05) is 23.2 Å². The number of nitrogens with zero attached hydrogens (tertiary/aromatic N) is 2. The lowest BCUT2D eigenvalue weighted by molar-refractivity contribution is 0.0740. The van der Waals surface area contributed by atoms with Crippen LogP contribution in [0.25, 0.3) is 11.0 Å². The number of amides is 2. The summed E-state index contributed by atoms with van der Waals surface area (Å²) < 4.78 is 23.6. The molecule has 2 aromatic carbocycles. The number of sulfone groups is 1. The Hall–Kier alpha value is -2.66. The first-order valence-corrected chi connectivity index (χ1v) is 14.3. The number of hydrogen-bond donors (Lipinski definition) is 3. The molecule has 12 heteroatoms. The summed E-state index contributed by atoms with van der Waals surface area (Å²) in [6, 6.07) is 8.89. The largest absolute Gasteiger partial charge is 0.342 e. The molecule has 2 atom stereocenters. The minimum absolute atomic E-state index is 0.0224. The molecule has 3 aromatic rings. The number of nitrogens with one attached hydrogen (secondary N) is 2. The van der Waals surface area contributed by atoms with Gasteiger partial charge in [0.1, 0.15) is 15.7 Å². The fraction of sp³-hybridized carbons (Fsp3) is 0.375. The molecule has 2 unspecified atom stereocenters. The number of imidazole rings is 1. The number of likely N-dealkylation sites (tertiary alicyclic amines) is 1. The van der Waals surface area contributed by atoms with Crippen LogP contribution in [0.3, 0.4) is 0 Å². The van der Waals surface area contributed by atoms with Gasteiger partial charge in [0.2, 0.25) is 0 Å². The summed E-state index contributed by atoms with van der Waals surface area (Å²) in [6.45, 7) is 0.997. The predicted octanol–water partition coefficient (Wildman–Crippen LogP) is 3.34. The van der Waals surface area contributed by atoms with Gasteiger partial charge in [0.05, 0.1) is 33.4 Å². The van der Waals surface area contributed by atoms with E-state index in [4.69, 9.17) is 28.9 Å². The molecule has 0 aliphatic carbocycles. The third-order valence-corrected chi connectivity index (χ3v) is 7.77. The van der Waals surface area contributed by atoms with Crippen molar-refractivity contribution in [2.75, 3.05) is 25.1 Å². The van der Waals surface area contributed by atoms with Crippen molar-refractivity contribution in [2.45, 2.75) is 31.3 Å². The van der Waals surface area contributed by atoms with Crippen LogP contribution in [-0.4, -0.2) is 66.2 Å². The van der Waals surface area contributed by atoms with Crippen molar-refractivity contribution < 1.29 is 18.0 Å². The summed E-state index contributed by atoms with van der Waals surface area (Å²) in [5.74, 6) is -0.438. The normalized spacial score (nSPS) is 16.9. The number of carbonyl (C=O) groups excluding carboxylic acids is 2. The zero-order chi connectivity index (χ0) is 26.0. The first kappa shape index (κ1) is 26.4. The van der Waals surface area contributed by atoms with Gasteiger partial charge in [0.25, 0.3) is 11.8 Å². The number of aromatic amines is 1. The van der Waals surface area contributed by atoms with Crippen molar-refractivity contribution in [3.05, 3.63) is 63.4 Å². The molecule has 0 spiro atoms. The van der Waals surface area contributed by atoms with Gasteiger partial charge in [-0.15, -0.1) is 0 Å². The number of hydrogen-bond acceptors (Lipinski definition) is 6. The van der Waals surface area contributed by atoms with E-state index in [9.17, 15) is 18.0 Å². The lowest BCUT2D eigenvalue weighted by atomic mass is 10.1. The maximum absolute atomic E-state index is 13.1. The van der Waals surface area contributed by atoms with Crippen molar-refractivity contribution in [2.24, 2.45) is 5.73 Å². The van der Waals surface area contributed by atoms with Crippen LogP contribution in [0.2, 0.25) is 10.0 Å². The van der Waals surface area contributed by atoms with Gasteiger partial charge in [-0.05, 0) is 55.7 Å². The molecule has 4 rings (SSSR count). The lowest BCUT2D eigenvalue weighted by Crippen LogP contribution is -2.40. The molecule has 1 aliphatic heterocycles. The van der Waals surface area contributed by atoms with E-state index in [0.717, 1.165) is 19.1 Å². The van der Waals surface area contributed by atoms with Gasteiger partial charge >= 0.3 is 0 Å². The van der Waals surface area contributed by atoms with Crippen LogP contribution in [-0.2, 0) is 9.84 Å². The average Bonchev–Trinajstić information content (AvgIpc) is 3.47. The molecule has 2 amide bonds. The summed E-state index contributed by atoms with van der Waals surface area (Å²) in [7, 11) is -3.29. The van der Waals surface area contributed by atoms with Crippen LogP contribution in [0.4, 0.5) is 0 Å². The number of halogens is 2. The van der Waals surface area contributed by atoms with Gasteiger partial charge in [-0.3, -0.25) is 9.59 Å². The third kappa shape index (κ3) is 6.00. The second kappa shape index (κ2) is 10.8. The van der Waals surface area contributed by atoms with Crippen LogP contribution in [0.15, 0.2) is 36.4 Å². The van der Waals surface area contributed by atoms with Crippen molar-refractivity contribution >= 4 is 55.9 Å². The summed E-state index contributed by atoms with van der Waals surface area (Å²) in [5, 5.41) is 3.51. The fourth-order valence-corrected chi connectivity index (χ4v) is 5.44. The number of H-pyrrole nitrogens is 1. The molecule has 1 aromatic heterocycles. The van der Waals surface area contributed by atoms with Crippen molar-refractivity contribution in [1.82, 2.24) is 20.2 Å². The Balaban J connectivity index is 1.56. The average molecular weight is 552 g/mol. The van der Waals surface area contributed by atoms with Crippen LogP contribution < -0.4 is 11.1 Å². The van der Waals surface area contributed by atoms with E-state index in [1.54, 1.807) is 23.1 Å². The third-order valence-electron chi connectivity index (χ3n) is 6.25. The Morgan fingerprint density at radius 2 is 2.03 bits per heavy atom. The van der Waals surface area contributed by atoms with Gasteiger partial charge in [0, 0.05) is 36.0 Å². The lowest BCUT2D eigenvalue weighted by Gasteiger charge is -2.24. The first-order chi connectivity index (χ1) is 17.1. The Morgan fingerprint density at radius 1 is 1.25 bits per heavy atom. The molecule has 1 saturated heterocycles. The molecule has 9 nitrogen and oxygen atoms in total. The Morgan fingerprint density at radius 3 is 2.72 bits per heavy atom. The summed E-state index contributed by atoms with van der Waals surface area (Å²) in [4.78, 5) is 35.4. The van der Waals surface area contributed by atoms with E-state index in [1.165, 1.54) is 18.2 Å². The topological polar surface area (TPSA) is 138 Å². The number of carbonyl (C=O) groups is 2. The highest BCUT2D eigenvalue weighted by atomic mass is 35.5. The number of rotatable bonds is 8. The van der Waals surface area contributed by atoms with E-state index in [2.05, 4.69) is 15.3 Å². The quantitative estimate of drug-likeness (QED) is 0.392. The monoisotopic (exact) mass is 551 g/mol. The predicted molar refractivity (Wildman–Crippen MR) is 140 cm³/mol. The standard InChI is InChI=1S/C24H27Cl2N5O4S/c1-36(34,35)10-8-20(22-28-19-7-5-15(25)12-21(19)29-22)30-23(32)14-4-6-17(18(26)11-14)24(33)31-9-2-3-16(31)13-27/h4-7,11-12,16,20H,2-3,8-10,13,27H2,1H3,(H,28,29)(H,30,32). The smallest absolute Gasteiger partial charge is 0.255 e. The molecule has 0 radical (unpaired) electrons. The molecule has 1 aliphatic rings. The van der Waals surface area contributed by atoms with Crippen LogP contribution >= 0.6 is 23.2 Å². The number of benzene rings is 2. The van der Waals surface area contributed by atoms with E-state index in [1.807, 2.05) is 0 Å². The highest BCUT2D eigenvalue weighted by Gasteiger charge is 2.30. The Kier molecular flexibility index (Phi) is 7.89. The molecule has 36 heavy (non-hydrogen) atoms. The molecule has 4 N–H and O–H groups in total. The SMILES string of the molecule is CS(=O)(=O)CCC(NC(=O)c1ccc(C(=O)N2CCCC2CN)c(Cl)c1)c1nc2cc(Cl)ccc2[nH]1. The van der Waals surface area contributed by atoms with Gasteiger partial charge in [-0.25, -0.2) is 13.4 Å². The van der Waals surface area contributed by atoms with Crippen molar-refractivity contribution in [3.8, 4) is 0 Å². The van der Waals surface area contributed by atoms with Gasteiger partial charge in [-0.2, -0.15) is 0 Å². The Bertz CT molecular complexity index is 1410. The van der Waals surface area contributed by atoms with Crippen LogP contribution in [0.1, 0.15) is 51.8 Å². The maximum Gasteiger partial charge on any atom is 0.255 e. The summed E-state index contributed by atoms with van der Waals surface area (Å²) >= 11 is 12.5. The zero-order valence-corrected chi connectivity index (χ0v) is 22.0. The van der Waals surface area contributed by atoms with E-state index in [-0.39, 0.29) is 34.7 Å². The number of fused-ring (bicyclic) bond motifs is 1. The molecule has 1 fully saturated rings. The minimum atomic E-state index is -3.29. The molecular formula is C24H27Cl2N5O4S. The van der Waals surface area contributed by atoms with Crippen LogP contribution in [0, 0.1) is 0 Å². The molecule has 192 valence electrons. The van der Waals surface area contributed by atoms with E-state index in [0.29, 0.717) is 40.5 Å². The molecule has 0 bridgehead atoms. The second-order valence-corrected chi connectivity index (χ2v) is 12.1. The first-order valence-electron chi connectivity index (χ1n) is 11.5.